The van der Waals surface area contributed by atoms with Gasteiger partial charge in [0.1, 0.15) is 5.75 Å². The molecule has 0 atom stereocenters. The number of hydrogen-bond acceptors (Lipinski definition) is 5. The lowest BCUT2D eigenvalue weighted by Gasteiger charge is -2.14. The summed E-state index contributed by atoms with van der Waals surface area (Å²) in [4.78, 5) is 4.75. The van der Waals surface area contributed by atoms with Gasteiger partial charge in [0.25, 0.3) is 0 Å². The Morgan fingerprint density at radius 3 is 2.65 bits per heavy atom. The number of anilines is 1. The summed E-state index contributed by atoms with van der Waals surface area (Å²) >= 11 is 6.16. The topological polar surface area (TPSA) is 72.2 Å². The first-order valence-electron chi connectivity index (χ1n) is 8.94. The maximum atomic E-state index is 6.16. The minimum Gasteiger partial charge on any atom is -0.497 e. The fraction of sp³-hybridized carbons (Fsp3) is 0.350. The van der Waals surface area contributed by atoms with E-state index in [1.54, 1.807) is 7.11 Å². The summed E-state index contributed by atoms with van der Waals surface area (Å²) in [5.41, 5.74) is 8.39. The minimum absolute atomic E-state index is 0.688. The van der Waals surface area contributed by atoms with E-state index in [-0.39, 0.29) is 0 Å². The van der Waals surface area contributed by atoms with Crippen molar-refractivity contribution >= 4 is 39.1 Å². The summed E-state index contributed by atoms with van der Waals surface area (Å²) in [7, 11) is 1.68. The summed E-state index contributed by atoms with van der Waals surface area (Å²) in [5, 5.41) is 9.79. The fourth-order valence-electron chi connectivity index (χ4n) is 2.99. The smallest absolute Gasteiger partial charge is 0.119 e. The van der Waals surface area contributed by atoms with Crippen molar-refractivity contribution in [2.24, 2.45) is 5.73 Å². The third-order valence-electron chi connectivity index (χ3n) is 4.33. The van der Waals surface area contributed by atoms with Gasteiger partial charge in [0.2, 0.25) is 0 Å². The Bertz CT molecular complexity index is 884. The summed E-state index contributed by atoms with van der Waals surface area (Å²) in [6, 6.07) is 11.8. The highest BCUT2D eigenvalue weighted by Gasteiger charge is 2.10. The molecule has 3 aromatic rings. The molecule has 26 heavy (non-hydrogen) atoms. The predicted molar refractivity (Wildman–Crippen MR) is 110 cm³/mol. The first-order chi connectivity index (χ1) is 12.7. The number of methoxy groups -OCH3 is 1. The largest absolute Gasteiger partial charge is 0.497 e. The summed E-state index contributed by atoms with van der Waals surface area (Å²) < 4.78 is 5.39. The number of halogens is 1. The highest BCUT2D eigenvalue weighted by molar-refractivity contribution is 6.31. The van der Waals surface area contributed by atoms with E-state index in [9.17, 15) is 0 Å². The Labute approximate surface area is 158 Å². The van der Waals surface area contributed by atoms with E-state index >= 15 is 0 Å². The molecule has 0 aliphatic carbocycles. The summed E-state index contributed by atoms with van der Waals surface area (Å²) in [6.07, 6.45) is 2.03. The first kappa shape index (κ1) is 18.7. The van der Waals surface area contributed by atoms with Gasteiger partial charge >= 0.3 is 0 Å². The van der Waals surface area contributed by atoms with Crippen molar-refractivity contribution in [3.63, 3.8) is 0 Å². The second-order valence-electron chi connectivity index (χ2n) is 6.20. The van der Waals surface area contributed by atoms with Gasteiger partial charge in [-0.2, -0.15) is 0 Å². The molecule has 0 saturated carbocycles. The van der Waals surface area contributed by atoms with Crippen LogP contribution in [0.15, 0.2) is 36.4 Å². The zero-order chi connectivity index (χ0) is 18.4. The maximum Gasteiger partial charge on any atom is 0.119 e. The van der Waals surface area contributed by atoms with Crippen LogP contribution in [0.2, 0.25) is 5.02 Å². The van der Waals surface area contributed by atoms with E-state index in [4.69, 9.17) is 27.1 Å². The van der Waals surface area contributed by atoms with Crippen LogP contribution in [0.5, 0.6) is 5.75 Å². The van der Waals surface area contributed by atoms with Crippen molar-refractivity contribution in [1.82, 2.24) is 10.3 Å². The second kappa shape index (κ2) is 9.03. The molecule has 0 unspecified atom stereocenters. The molecule has 0 saturated heterocycles. The Kier molecular flexibility index (Phi) is 6.50. The maximum absolute atomic E-state index is 6.16. The fourth-order valence-corrected chi connectivity index (χ4v) is 3.16. The van der Waals surface area contributed by atoms with Crippen molar-refractivity contribution in [2.75, 3.05) is 38.6 Å². The third kappa shape index (κ3) is 4.36. The van der Waals surface area contributed by atoms with Crippen molar-refractivity contribution < 1.29 is 4.74 Å². The van der Waals surface area contributed by atoms with Gasteiger partial charge < -0.3 is 21.1 Å². The van der Waals surface area contributed by atoms with Crippen LogP contribution < -0.4 is 21.1 Å². The molecular weight excluding hydrogens is 348 g/mol. The lowest BCUT2D eigenvalue weighted by atomic mass is 10.1. The number of hydrogen-bond donors (Lipinski definition) is 3. The Morgan fingerprint density at radius 2 is 1.85 bits per heavy atom. The van der Waals surface area contributed by atoms with E-state index < -0.39 is 0 Å². The molecule has 4 N–H and O–H groups in total. The highest BCUT2D eigenvalue weighted by atomic mass is 35.5. The second-order valence-corrected chi connectivity index (χ2v) is 6.64. The lowest BCUT2D eigenvalue weighted by Crippen LogP contribution is -2.21. The molecule has 0 spiro atoms. The van der Waals surface area contributed by atoms with Crippen LogP contribution in [0.4, 0.5) is 5.69 Å². The van der Waals surface area contributed by atoms with Crippen LogP contribution in [-0.4, -0.2) is 38.3 Å². The number of nitrogens with zero attached hydrogens (tertiary/aromatic N) is 1. The van der Waals surface area contributed by atoms with E-state index in [2.05, 4.69) is 10.6 Å². The summed E-state index contributed by atoms with van der Waals surface area (Å²) in [5.74, 6) is 0.819. The number of fused-ring (bicyclic) bond motifs is 2. The number of nitrogens with one attached hydrogen (secondary N) is 2. The monoisotopic (exact) mass is 372 g/mol. The third-order valence-corrected chi connectivity index (χ3v) is 4.57. The molecule has 1 aromatic heterocycles. The molecule has 6 heteroatoms. The van der Waals surface area contributed by atoms with Crippen LogP contribution in [0.25, 0.3) is 21.8 Å². The molecule has 3 rings (SSSR count). The molecule has 0 aliphatic heterocycles. The van der Waals surface area contributed by atoms with Crippen molar-refractivity contribution in [3.05, 3.63) is 41.4 Å². The van der Waals surface area contributed by atoms with Crippen LogP contribution in [-0.2, 0) is 0 Å². The highest BCUT2D eigenvalue weighted by Crippen LogP contribution is 2.34. The average molecular weight is 373 g/mol. The van der Waals surface area contributed by atoms with Gasteiger partial charge in [-0.25, -0.2) is 4.98 Å². The molecule has 1 heterocycles. The Morgan fingerprint density at radius 1 is 1.00 bits per heavy atom. The predicted octanol–water partition coefficient (Wildman–Crippen LogP) is 3.79. The number of nitrogens with two attached hydrogens (primary N) is 1. The molecule has 0 fully saturated rings. The van der Waals surface area contributed by atoms with Crippen molar-refractivity contribution in [2.45, 2.75) is 12.8 Å². The molecule has 138 valence electrons. The number of aromatic nitrogens is 1. The normalized spacial score (nSPS) is 11.2. The molecule has 2 aromatic carbocycles. The van der Waals surface area contributed by atoms with Gasteiger partial charge in [-0.3, -0.25) is 0 Å². The van der Waals surface area contributed by atoms with Gasteiger partial charge in [0, 0.05) is 22.3 Å². The zero-order valence-electron chi connectivity index (χ0n) is 15.0. The van der Waals surface area contributed by atoms with Crippen LogP contribution in [0, 0.1) is 0 Å². The molecule has 0 aliphatic rings. The average Bonchev–Trinajstić information content (AvgIpc) is 2.66. The van der Waals surface area contributed by atoms with E-state index in [1.165, 1.54) is 0 Å². The molecular formula is C20H25ClN4O. The number of benzene rings is 2. The number of pyridine rings is 1. The van der Waals surface area contributed by atoms with Crippen molar-refractivity contribution in [3.8, 4) is 5.75 Å². The summed E-state index contributed by atoms with van der Waals surface area (Å²) in [6.45, 7) is 3.52. The van der Waals surface area contributed by atoms with E-state index in [0.717, 1.165) is 72.3 Å². The van der Waals surface area contributed by atoms with Gasteiger partial charge in [-0.1, -0.05) is 11.6 Å². The van der Waals surface area contributed by atoms with Gasteiger partial charge in [0.05, 0.1) is 23.8 Å². The van der Waals surface area contributed by atoms with Crippen LogP contribution in [0.3, 0.4) is 0 Å². The van der Waals surface area contributed by atoms with Gasteiger partial charge in [-0.05, 0) is 68.9 Å². The van der Waals surface area contributed by atoms with Crippen LogP contribution >= 0.6 is 11.6 Å². The van der Waals surface area contributed by atoms with Crippen molar-refractivity contribution in [1.29, 1.82) is 0 Å². The first-order valence-corrected chi connectivity index (χ1v) is 9.32. The lowest BCUT2D eigenvalue weighted by molar-refractivity contribution is 0.415. The number of rotatable bonds is 9. The number of ether oxygens (including phenoxy) is 1. The van der Waals surface area contributed by atoms with E-state index in [1.807, 2.05) is 36.4 Å². The van der Waals surface area contributed by atoms with Gasteiger partial charge in [-0.15, -0.1) is 0 Å². The standard InChI is InChI=1S/C20H25ClN4O/c1-26-15-5-7-18-17(13-15)20(24-11-3-10-23-9-2-8-22)16-6-4-14(21)12-19(16)25-18/h4-7,12-13,23H,2-3,8-11,22H2,1H3,(H,24,25). The minimum atomic E-state index is 0.688. The SMILES string of the molecule is COc1ccc2nc3cc(Cl)ccc3c(NCCCNCCCN)c2c1. The van der Waals surface area contributed by atoms with E-state index in [0.29, 0.717) is 5.02 Å². The molecule has 5 nitrogen and oxygen atoms in total. The van der Waals surface area contributed by atoms with Crippen LogP contribution in [0.1, 0.15) is 12.8 Å². The zero-order valence-corrected chi connectivity index (χ0v) is 15.8. The quantitative estimate of drug-likeness (QED) is 0.393. The Balaban J connectivity index is 1.86. The molecule has 0 amide bonds. The van der Waals surface area contributed by atoms with Gasteiger partial charge in [0.15, 0.2) is 0 Å². The molecule has 0 radical (unpaired) electrons. The Hall–Kier alpha value is -2.08. The molecule has 0 bridgehead atoms.